The number of amides is 1. The number of hydrogen-bond donors (Lipinski definition) is 1. The van der Waals surface area contributed by atoms with E-state index in [4.69, 9.17) is 9.47 Å². The van der Waals surface area contributed by atoms with Gasteiger partial charge < -0.3 is 14.8 Å². The number of alkyl halides is 3. The molecular formula is C21H20F3N3O4S. The van der Waals surface area contributed by atoms with Crippen LogP contribution in [0.15, 0.2) is 29.3 Å². The van der Waals surface area contributed by atoms with E-state index in [9.17, 15) is 22.8 Å². The van der Waals surface area contributed by atoms with Crippen LogP contribution >= 0.6 is 11.3 Å². The Labute approximate surface area is 184 Å². The van der Waals surface area contributed by atoms with E-state index in [1.54, 1.807) is 0 Å². The molecule has 0 spiro atoms. The number of benzene rings is 1. The molecule has 0 unspecified atom stereocenters. The fourth-order valence-corrected chi connectivity index (χ4v) is 4.86. The summed E-state index contributed by atoms with van der Waals surface area (Å²) in [6, 6.07) is 2.82. The van der Waals surface area contributed by atoms with Gasteiger partial charge in [-0.2, -0.15) is 13.2 Å². The van der Waals surface area contributed by atoms with Gasteiger partial charge in [-0.05, 0) is 43.0 Å². The van der Waals surface area contributed by atoms with Crippen LogP contribution in [-0.2, 0) is 35.1 Å². The van der Waals surface area contributed by atoms with Gasteiger partial charge in [-0.3, -0.25) is 14.2 Å². The maximum Gasteiger partial charge on any atom is 0.416 e. The second kappa shape index (κ2) is 8.91. The summed E-state index contributed by atoms with van der Waals surface area (Å²) in [6.45, 7) is -0.0748. The van der Waals surface area contributed by atoms with E-state index in [0.29, 0.717) is 10.2 Å². The number of nitrogens with zero attached hydrogens (tertiary/aromatic N) is 2. The number of halogens is 3. The average Bonchev–Trinajstić information content (AvgIpc) is 3.32. The first-order chi connectivity index (χ1) is 15.3. The molecule has 2 aromatic heterocycles. The Morgan fingerprint density at radius 2 is 2.09 bits per heavy atom. The van der Waals surface area contributed by atoms with Gasteiger partial charge in [0.2, 0.25) is 5.91 Å². The van der Waals surface area contributed by atoms with Crippen LogP contribution in [0, 0.1) is 0 Å². The fraction of sp³-hybridized carbons (Fsp3) is 0.381. The van der Waals surface area contributed by atoms with E-state index < -0.39 is 17.6 Å². The average molecular weight is 467 g/mol. The molecule has 1 aromatic carbocycles. The minimum absolute atomic E-state index is 0.0694. The number of nitrogens with one attached hydrogen (secondary N) is 1. The van der Waals surface area contributed by atoms with Crippen LogP contribution in [-0.4, -0.2) is 35.8 Å². The van der Waals surface area contributed by atoms with Gasteiger partial charge in [0, 0.05) is 12.0 Å². The maximum atomic E-state index is 13.1. The number of fused-ring (bicyclic) bond motifs is 3. The first kappa shape index (κ1) is 22.3. The highest BCUT2D eigenvalue weighted by molar-refractivity contribution is 7.18. The minimum atomic E-state index is -4.59. The predicted octanol–water partition coefficient (Wildman–Crippen LogP) is 3.63. The third-order valence-electron chi connectivity index (χ3n) is 5.13. The van der Waals surface area contributed by atoms with Crippen molar-refractivity contribution in [3.8, 4) is 5.75 Å². The van der Waals surface area contributed by atoms with E-state index in [-0.39, 0.29) is 36.8 Å². The number of methoxy groups -OCH3 is 1. The molecule has 1 aliphatic rings. The molecule has 1 amide bonds. The van der Waals surface area contributed by atoms with Crippen LogP contribution in [0.5, 0.6) is 5.75 Å². The zero-order chi connectivity index (χ0) is 22.9. The predicted molar refractivity (Wildman–Crippen MR) is 113 cm³/mol. The van der Waals surface area contributed by atoms with E-state index in [2.05, 4.69) is 10.3 Å². The summed E-state index contributed by atoms with van der Waals surface area (Å²) in [6.07, 6.45) is -0.603. The first-order valence-electron chi connectivity index (χ1n) is 9.90. The van der Waals surface area contributed by atoms with Gasteiger partial charge in [0.05, 0.1) is 29.6 Å². The topological polar surface area (TPSA) is 82.4 Å². The lowest BCUT2D eigenvalue weighted by atomic mass is 10.1. The summed E-state index contributed by atoms with van der Waals surface area (Å²) in [5, 5.41) is 2.96. The number of aromatic nitrogens is 2. The summed E-state index contributed by atoms with van der Waals surface area (Å²) >= 11 is 1.49. The van der Waals surface area contributed by atoms with Crippen molar-refractivity contribution in [2.75, 3.05) is 25.6 Å². The molecule has 0 bridgehead atoms. The Bertz CT molecular complexity index is 1220. The van der Waals surface area contributed by atoms with Crippen molar-refractivity contribution in [2.24, 2.45) is 0 Å². The first-order valence-corrected chi connectivity index (χ1v) is 10.7. The monoisotopic (exact) mass is 467 g/mol. The van der Waals surface area contributed by atoms with Crippen molar-refractivity contribution in [3.63, 3.8) is 0 Å². The smallest absolute Gasteiger partial charge is 0.416 e. The maximum absolute atomic E-state index is 13.1. The minimum Gasteiger partial charge on any atom is -0.489 e. The van der Waals surface area contributed by atoms with E-state index >= 15 is 0 Å². The lowest BCUT2D eigenvalue weighted by molar-refractivity contribution is -0.137. The molecule has 1 N–H and O–H groups in total. The molecule has 170 valence electrons. The molecule has 11 heteroatoms. The summed E-state index contributed by atoms with van der Waals surface area (Å²) < 4.78 is 50.9. The SMILES string of the molecule is COCCOc1ccc(C(F)(F)F)cc1NC(=O)Cn1cnc2sc3c(c2c1=O)CCC3. The van der Waals surface area contributed by atoms with Crippen LogP contribution < -0.4 is 15.6 Å². The highest BCUT2D eigenvalue weighted by Gasteiger charge is 2.31. The molecular weight excluding hydrogens is 447 g/mol. The summed E-state index contributed by atoms with van der Waals surface area (Å²) in [5.41, 5.74) is -0.408. The van der Waals surface area contributed by atoms with Gasteiger partial charge in [0.25, 0.3) is 5.56 Å². The molecule has 2 heterocycles. The lowest BCUT2D eigenvalue weighted by Crippen LogP contribution is -2.28. The second-order valence-corrected chi connectivity index (χ2v) is 8.40. The van der Waals surface area contributed by atoms with E-state index in [1.165, 1.54) is 29.3 Å². The van der Waals surface area contributed by atoms with Crippen molar-refractivity contribution in [1.82, 2.24) is 9.55 Å². The summed E-state index contributed by atoms with van der Waals surface area (Å²) in [4.78, 5) is 31.6. The quantitative estimate of drug-likeness (QED) is 0.537. The Balaban J connectivity index is 1.58. The second-order valence-electron chi connectivity index (χ2n) is 7.31. The van der Waals surface area contributed by atoms with Gasteiger partial charge in [0.15, 0.2) is 0 Å². The Morgan fingerprint density at radius 1 is 1.28 bits per heavy atom. The zero-order valence-electron chi connectivity index (χ0n) is 17.1. The number of aryl methyl sites for hydroxylation is 2. The van der Waals surface area contributed by atoms with Crippen molar-refractivity contribution in [2.45, 2.75) is 32.0 Å². The van der Waals surface area contributed by atoms with Crippen LogP contribution in [0.4, 0.5) is 18.9 Å². The summed E-state index contributed by atoms with van der Waals surface area (Å²) in [5.74, 6) is -0.601. The molecule has 3 aromatic rings. The van der Waals surface area contributed by atoms with Gasteiger partial charge in [-0.25, -0.2) is 4.98 Å². The van der Waals surface area contributed by atoms with Gasteiger partial charge in [0.1, 0.15) is 23.7 Å². The molecule has 7 nitrogen and oxygen atoms in total. The molecule has 1 aliphatic carbocycles. The Morgan fingerprint density at radius 3 is 2.84 bits per heavy atom. The van der Waals surface area contributed by atoms with Crippen LogP contribution in [0.3, 0.4) is 0 Å². The zero-order valence-corrected chi connectivity index (χ0v) is 17.9. The number of rotatable bonds is 7. The Kier molecular flexibility index (Phi) is 6.20. The summed E-state index contributed by atoms with van der Waals surface area (Å²) in [7, 11) is 1.46. The normalized spacial score (nSPS) is 13.4. The van der Waals surface area contributed by atoms with Crippen molar-refractivity contribution in [3.05, 3.63) is 50.9 Å². The number of thiophene rings is 1. The molecule has 4 rings (SSSR count). The van der Waals surface area contributed by atoms with Crippen molar-refractivity contribution >= 4 is 33.1 Å². The number of carbonyl (C=O) groups excluding carboxylic acids is 1. The standard InChI is InChI=1S/C21H20F3N3O4S/c1-30-7-8-31-15-6-5-12(21(22,23)24)9-14(15)26-17(28)10-27-11-25-19-18(20(27)29)13-3-2-4-16(13)32-19/h5-6,9,11H,2-4,7-8,10H2,1H3,(H,26,28). The lowest BCUT2D eigenvalue weighted by Gasteiger charge is -2.15. The third-order valence-corrected chi connectivity index (χ3v) is 6.33. The molecule has 0 fully saturated rings. The van der Waals surface area contributed by atoms with E-state index in [1.807, 2.05) is 0 Å². The molecule has 32 heavy (non-hydrogen) atoms. The van der Waals surface area contributed by atoms with Crippen molar-refractivity contribution < 1.29 is 27.4 Å². The van der Waals surface area contributed by atoms with Crippen LogP contribution in [0.25, 0.3) is 10.2 Å². The molecule has 0 saturated heterocycles. The van der Waals surface area contributed by atoms with Gasteiger partial charge >= 0.3 is 6.18 Å². The largest absolute Gasteiger partial charge is 0.489 e. The van der Waals surface area contributed by atoms with Crippen molar-refractivity contribution in [1.29, 1.82) is 0 Å². The van der Waals surface area contributed by atoms with Gasteiger partial charge in [-0.1, -0.05) is 0 Å². The Hall–Kier alpha value is -2.92. The molecule has 0 saturated carbocycles. The van der Waals surface area contributed by atoms with Gasteiger partial charge in [-0.15, -0.1) is 11.3 Å². The number of hydrogen-bond acceptors (Lipinski definition) is 6. The third kappa shape index (κ3) is 4.49. The fourth-order valence-electron chi connectivity index (χ4n) is 3.64. The van der Waals surface area contributed by atoms with E-state index in [0.717, 1.165) is 47.9 Å². The number of ether oxygens (including phenoxy) is 2. The highest BCUT2D eigenvalue weighted by Crippen LogP contribution is 2.36. The molecule has 0 atom stereocenters. The molecule has 0 aliphatic heterocycles. The highest BCUT2D eigenvalue weighted by atomic mass is 32.1. The van der Waals surface area contributed by atoms with Crippen LogP contribution in [0.2, 0.25) is 0 Å². The molecule has 0 radical (unpaired) electrons. The number of anilines is 1. The number of carbonyl (C=O) groups is 1. The van der Waals surface area contributed by atoms with Crippen LogP contribution in [0.1, 0.15) is 22.4 Å².